The van der Waals surface area contributed by atoms with Crippen molar-refractivity contribution in [2.45, 2.75) is 19.4 Å². The number of hydrogen-bond acceptors (Lipinski definition) is 10. The molecule has 1 saturated heterocycles. The van der Waals surface area contributed by atoms with Gasteiger partial charge in [-0.15, -0.1) is 0 Å². The normalized spacial score (nSPS) is 19.5. The van der Waals surface area contributed by atoms with Gasteiger partial charge in [-0.2, -0.15) is 17.4 Å². The second kappa shape index (κ2) is 8.54. The molecule has 0 N–H and O–H groups in total. The summed E-state index contributed by atoms with van der Waals surface area (Å²) in [6, 6.07) is 3.19. The highest BCUT2D eigenvalue weighted by atomic mass is 32.2. The largest absolute Gasteiger partial charge is 0.369 e. The average molecular weight is 491 g/mol. The summed E-state index contributed by atoms with van der Waals surface area (Å²) in [7, 11) is -3.22. The van der Waals surface area contributed by atoms with Crippen molar-refractivity contribution in [3.05, 3.63) is 41.7 Å². The van der Waals surface area contributed by atoms with Crippen LogP contribution in [0.5, 0.6) is 0 Å². The van der Waals surface area contributed by atoms with E-state index in [4.69, 9.17) is 0 Å². The molecule has 5 rings (SSSR count). The Kier molecular flexibility index (Phi) is 5.70. The Morgan fingerprint density at radius 3 is 2.58 bits per heavy atom. The number of rotatable bonds is 4. The van der Waals surface area contributed by atoms with Gasteiger partial charge in [0.2, 0.25) is 16.0 Å². The minimum absolute atomic E-state index is 0.0828. The van der Waals surface area contributed by atoms with Crippen molar-refractivity contribution in [1.82, 2.24) is 28.0 Å². The predicted octanol–water partition coefficient (Wildman–Crippen LogP) is 1.73. The first-order valence-electron chi connectivity index (χ1n) is 10.6. The van der Waals surface area contributed by atoms with Gasteiger partial charge in [-0.05, 0) is 6.92 Å². The molecule has 0 amide bonds. The maximum absolute atomic E-state index is 14.5. The van der Waals surface area contributed by atoms with E-state index in [2.05, 4.69) is 28.6 Å². The number of piperazine rings is 1. The molecule has 0 saturated carbocycles. The zero-order valence-corrected chi connectivity index (χ0v) is 19.9. The Labute approximate surface area is 195 Å². The average Bonchev–Trinajstić information content (AvgIpc) is 3.33. The first-order chi connectivity index (χ1) is 15.8. The second-order valence-corrected chi connectivity index (χ2v) is 10.7. The third kappa shape index (κ3) is 4.39. The van der Waals surface area contributed by atoms with Gasteiger partial charge in [0, 0.05) is 68.7 Å². The summed E-state index contributed by atoms with van der Waals surface area (Å²) in [5.74, 6) is 0.540. The van der Waals surface area contributed by atoms with Crippen LogP contribution in [0.2, 0.25) is 0 Å². The number of sulfonamides is 1. The predicted molar refractivity (Wildman–Crippen MR) is 123 cm³/mol. The molecule has 3 aromatic rings. The molecule has 1 atom stereocenters. The van der Waals surface area contributed by atoms with Crippen molar-refractivity contribution in [2.75, 3.05) is 48.8 Å². The number of pyridine rings is 1. The first-order valence-corrected chi connectivity index (χ1v) is 13.2. The van der Waals surface area contributed by atoms with Crippen LogP contribution in [0.25, 0.3) is 11.5 Å². The quantitative estimate of drug-likeness (QED) is 0.505. The van der Waals surface area contributed by atoms with Crippen molar-refractivity contribution in [3.8, 4) is 11.5 Å². The molecular formula is C20H23FN8O2S2. The molecule has 0 aliphatic carbocycles. The van der Waals surface area contributed by atoms with E-state index in [1.54, 1.807) is 12.4 Å². The van der Waals surface area contributed by atoms with Crippen LogP contribution in [0.1, 0.15) is 24.2 Å². The van der Waals surface area contributed by atoms with E-state index in [1.807, 2.05) is 17.9 Å². The number of nitrogens with zero attached hydrogens (tertiary/aromatic N) is 8. The highest BCUT2D eigenvalue weighted by molar-refractivity contribution is 7.88. The van der Waals surface area contributed by atoms with Crippen molar-refractivity contribution < 1.29 is 12.8 Å². The topological polar surface area (TPSA) is 108 Å². The van der Waals surface area contributed by atoms with Crippen molar-refractivity contribution in [1.29, 1.82) is 0 Å². The Morgan fingerprint density at radius 2 is 1.88 bits per heavy atom. The van der Waals surface area contributed by atoms with E-state index in [9.17, 15) is 12.8 Å². The maximum atomic E-state index is 14.5. The van der Waals surface area contributed by atoms with Crippen molar-refractivity contribution >= 4 is 33.3 Å². The van der Waals surface area contributed by atoms with E-state index in [1.165, 1.54) is 16.6 Å². The van der Waals surface area contributed by atoms with Crippen molar-refractivity contribution in [2.24, 2.45) is 0 Å². The Hall–Kier alpha value is -2.77. The van der Waals surface area contributed by atoms with Gasteiger partial charge in [0.15, 0.2) is 5.82 Å². The van der Waals surface area contributed by atoms with Crippen LogP contribution < -0.4 is 9.80 Å². The summed E-state index contributed by atoms with van der Waals surface area (Å²) in [6.07, 6.45) is 5.34. The lowest BCUT2D eigenvalue weighted by Crippen LogP contribution is -2.48. The molecular weight excluding hydrogens is 467 g/mol. The van der Waals surface area contributed by atoms with E-state index < -0.39 is 16.0 Å². The maximum Gasteiger partial charge on any atom is 0.216 e. The van der Waals surface area contributed by atoms with Gasteiger partial charge < -0.3 is 9.80 Å². The van der Waals surface area contributed by atoms with Gasteiger partial charge in [-0.3, -0.25) is 0 Å². The van der Waals surface area contributed by atoms with Crippen LogP contribution in [0.3, 0.4) is 0 Å². The van der Waals surface area contributed by atoms with Gasteiger partial charge in [-0.1, -0.05) is 0 Å². The summed E-state index contributed by atoms with van der Waals surface area (Å²) in [5.41, 5.74) is 3.28. The van der Waals surface area contributed by atoms with E-state index in [0.29, 0.717) is 62.2 Å². The molecule has 0 bridgehead atoms. The highest BCUT2D eigenvalue weighted by Gasteiger charge is 2.29. The molecule has 0 spiro atoms. The molecule has 174 valence electrons. The molecule has 0 radical (unpaired) electrons. The number of hydrogen-bond donors (Lipinski definition) is 0. The van der Waals surface area contributed by atoms with E-state index in [-0.39, 0.29) is 6.04 Å². The standard InChI is InChI=1S/C20H23FN8O2S2/c1-13-15-11-22-20(17-12-23-32-26-17)24-16(15)3-4-29(13)19-10-14(9-18(21)25-19)27-5-7-28(8-6-27)33(2,30)31/h9-13H,3-8H2,1-2H3. The second-order valence-electron chi connectivity index (χ2n) is 8.16. The molecule has 10 nitrogen and oxygen atoms in total. The SMILES string of the molecule is CC1c2cnc(-c3cnsn3)nc2CCN1c1cc(N2CCN(S(C)(=O)=O)CC2)cc(F)n1. The summed E-state index contributed by atoms with van der Waals surface area (Å²) in [5, 5.41) is 0. The Bertz CT molecular complexity index is 1260. The number of fused-ring (bicyclic) bond motifs is 1. The van der Waals surface area contributed by atoms with Crippen LogP contribution in [-0.2, 0) is 16.4 Å². The number of aromatic nitrogens is 5. The van der Waals surface area contributed by atoms with Gasteiger partial charge in [-0.25, -0.2) is 23.4 Å². The molecule has 1 fully saturated rings. The molecule has 2 aliphatic rings. The van der Waals surface area contributed by atoms with E-state index in [0.717, 1.165) is 23.0 Å². The van der Waals surface area contributed by atoms with E-state index >= 15 is 0 Å². The fourth-order valence-electron chi connectivity index (χ4n) is 4.34. The molecule has 13 heteroatoms. The Morgan fingerprint density at radius 1 is 1.09 bits per heavy atom. The summed E-state index contributed by atoms with van der Waals surface area (Å²) >= 11 is 1.12. The molecule has 2 aliphatic heterocycles. The minimum atomic E-state index is -3.22. The lowest BCUT2D eigenvalue weighted by atomic mass is 9.99. The van der Waals surface area contributed by atoms with Gasteiger partial charge in [0.05, 0.1) is 35.9 Å². The van der Waals surface area contributed by atoms with Crippen LogP contribution in [0, 0.1) is 5.95 Å². The fraction of sp³-hybridized carbons (Fsp3) is 0.450. The highest BCUT2D eigenvalue weighted by Crippen LogP contribution is 2.34. The molecule has 3 aromatic heterocycles. The monoisotopic (exact) mass is 490 g/mol. The fourth-order valence-corrected chi connectivity index (χ4v) is 5.58. The zero-order valence-electron chi connectivity index (χ0n) is 18.2. The summed E-state index contributed by atoms with van der Waals surface area (Å²) in [4.78, 5) is 17.3. The van der Waals surface area contributed by atoms with Crippen LogP contribution in [0.15, 0.2) is 24.5 Å². The Balaban J connectivity index is 1.38. The third-order valence-electron chi connectivity index (χ3n) is 6.13. The molecule has 1 unspecified atom stereocenters. The van der Waals surface area contributed by atoms with Crippen LogP contribution in [-0.4, -0.2) is 75.4 Å². The molecule has 0 aromatic carbocycles. The third-order valence-corrected chi connectivity index (χ3v) is 7.91. The lowest BCUT2D eigenvalue weighted by molar-refractivity contribution is 0.387. The van der Waals surface area contributed by atoms with Gasteiger partial charge in [0.1, 0.15) is 11.5 Å². The van der Waals surface area contributed by atoms with Crippen LogP contribution in [0.4, 0.5) is 15.9 Å². The van der Waals surface area contributed by atoms with Crippen molar-refractivity contribution in [3.63, 3.8) is 0 Å². The minimum Gasteiger partial charge on any atom is -0.369 e. The number of halogens is 1. The summed E-state index contributed by atoms with van der Waals surface area (Å²) < 4.78 is 47.8. The summed E-state index contributed by atoms with van der Waals surface area (Å²) in [6.45, 7) is 4.41. The van der Waals surface area contributed by atoms with Gasteiger partial charge >= 0.3 is 0 Å². The van der Waals surface area contributed by atoms with Crippen LogP contribution >= 0.6 is 11.7 Å². The van der Waals surface area contributed by atoms with Gasteiger partial charge in [0.25, 0.3) is 0 Å². The number of anilines is 2. The molecule has 5 heterocycles. The molecule has 33 heavy (non-hydrogen) atoms. The first kappa shape index (κ1) is 22.0. The lowest BCUT2D eigenvalue weighted by Gasteiger charge is -2.37. The zero-order chi connectivity index (χ0) is 23.2. The smallest absolute Gasteiger partial charge is 0.216 e.